The Bertz CT molecular complexity index is 314. The Labute approximate surface area is 80.6 Å². The van der Waals surface area contributed by atoms with Gasteiger partial charge in [0.2, 0.25) is 0 Å². The predicted octanol–water partition coefficient (Wildman–Crippen LogP) is 3.30. The van der Waals surface area contributed by atoms with Crippen molar-refractivity contribution >= 4 is 5.71 Å². The van der Waals surface area contributed by atoms with Crippen LogP contribution in [0.2, 0.25) is 0 Å². The Balaban J connectivity index is 3.00. The lowest BCUT2D eigenvalue weighted by Crippen LogP contribution is -1.94. The maximum Gasteiger partial charge on any atom is 0.0383 e. The van der Waals surface area contributed by atoms with Crippen molar-refractivity contribution in [1.29, 1.82) is 0 Å². The molecule has 1 aliphatic carbocycles. The highest BCUT2D eigenvalue weighted by atomic mass is 14.7. The van der Waals surface area contributed by atoms with Crippen molar-refractivity contribution < 1.29 is 0 Å². The second kappa shape index (κ2) is 4.22. The summed E-state index contributed by atoms with van der Waals surface area (Å²) in [4.78, 5) is 4.19. The van der Waals surface area contributed by atoms with Gasteiger partial charge in [-0.2, -0.15) is 0 Å². The predicted molar refractivity (Wildman–Crippen MR) is 59.2 cm³/mol. The average Bonchev–Trinajstić information content (AvgIpc) is 2.28. The summed E-state index contributed by atoms with van der Waals surface area (Å²) >= 11 is 0. The normalized spacial score (nSPS) is 18.8. The highest BCUT2D eigenvalue weighted by Crippen LogP contribution is 2.17. The molecule has 0 N–H and O–H groups in total. The SMILES string of the molecule is CN=C(C)C1=CCC=C(C)C(C)=C1. The molecule has 0 heterocycles. The van der Waals surface area contributed by atoms with Crippen molar-refractivity contribution in [3.05, 3.63) is 34.9 Å². The van der Waals surface area contributed by atoms with Gasteiger partial charge in [-0.3, -0.25) is 4.99 Å². The third-order valence-electron chi connectivity index (χ3n) is 2.51. The van der Waals surface area contributed by atoms with Crippen molar-refractivity contribution in [2.24, 2.45) is 4.99 Å². The standard InChI is InChI=1S/C12H17N/c1-9-6-5-7-12(8-10(9)2)11(3)13-4/h6-8H,5H2,1-4H3. The quantitative estimate of drug-likeness (QED) is 0.542. The maximum absolute atomic E-state index is 4.19. The molecular formula is C12H17N. The van der Waals surface area contributed by atoms with E-state index in [9.17, 15) is 0 Å². The first kappa shape index (κ1) is 9.97. The van der Waals surface area contributed by atoms with E-state index >= 15 is 0 Å². The molecule has 0 spiro atoms. The van der Waals surface area contributed by atoms with E-state index in [2.05, 4.69) is 44.0 Å². The van der Waals surface area contributed by atoms with Gasteiger partial charge in [0, 0.05) is 12.8 Å². The molecule has 1 aliphatic rings. The molecule has 0 bridgehead atoms. The summed E-state index contributed by atoms with van der Waals surface area (Å²) in [6, 6.07) is 0. The van der Waals surface area contributed by atoms with E-state index < -0.39 is 0 Å². The highest BCUT2D eigenvalue weighted by Gasteiger charge is 2.02. The van der Waals surface area contributed by atoms with Crippen LogP contribution in [0.15, 0.2) is 39.9 Å². The number of rotatable bonds is 1. The van der Waals surface area contributed by atoms with Gasteiger partial charge in [0.1, 0.15) is 0 Å². The van der Waals surface area contributed by atoms with Crippen LogP contribution in [-0.4, -0.2) is 12.8 Å². The van der Waals surface area contributed by atoms with Crippen LogP contribution in [0.3, 0.4) is 0 Å². The molecule has 0 fully saturated rings. The molecule has 0 saturated heterocycles. The molecule has 0 aromatic carbocycles. The molecule has 0 aromatic rings. The van der Waals surface area contributed by atoms with Crippen LogP contribution >= 0.6 is 0 Å². The lowest BCUT2D eigenvalue weighted by molar-refractivity contribution is 1.29. The van der Waals surface area contributed by atoms with Crippen LogP contribution in [-0.2, 0) is 0 Å². The zero-order valence-electron chi connectivity index (χ0n) is 8.89. The minimum Gasteiger partial charge on any atom is -0.293 e. The Hall–Kier alpha value is -1.11. The number of hydrogen-bond donors (Lipinski definition) is 0. The zero-order valence-corrected chi connectivity index (χ0v) is 8.89. The second-order valence-electron chi connectivity index (χ2n) is 3.42. The number of aliphatic imine (C=N–C) groups is 1. The third kappa shape index (κ3) is 2.41. The summed E-state index contributed by atoms with van der Waals surface area (Å²) in [5, 5.41) is 0. The van der Waals surface area contributed by atoms with Crippen molar-refractivity contribution in [3.8, 4) is 0 Å². The third-order valence-corrected chi connectivity index (χ3v) is 2.51. The summed E-state index contributed by atoms with van der Waals surface area (Å²) in [6.07, 6.45) is 7.70. The molecule has 1 heteroatoms. The minimum absolute atomic E-state index is 1.02. The molecule has 0 atom stereocenters. The van der Waals surface area contributed by atoms with Crippen LogP contribution in [0, 0.1) is 0 Å². The van der Waals surface area contributed by atoms with Gasteiger partial charge in [0.15, 0.2) is 0 Å². The van der Waals surface area contributed by atoms with Gasteiger partial charge < -0.3 is 0 Å². The minimum atomic E-state index is 1.02. The molecule has 0 amide bonds. The van der Waals surface area contributed by atoms with E-state index in [4.69, 9.17) is 0 Å². The summed E-state index contributed by atoms with van der Waals surface area (Å²) in [7, 11) is 1.84. The van der Waals surface area contributed by atoms with Crippen LogP contribution in [0.25, 0.3) is 0 Å². The summed E-state index contributed by atoms with van der Waals surface area (Å²) < 4.78 is 0. The van der Waals surface area contributed by atoms with Gasteiger partial charge in [0.05, 0.1) is 0 Å². The molecule has 0 saturated carbocycles. The van der Waals surface area contributed by atoms with E-state index in [-0.39, 0.29) is 0 Å². The summed E-state index contributed by atoms with van der Waals surface area (Å²) in [6.45, 7) is 6.35. The molecule has 1 nitrogen and oxygen atoms in total. The van der Waals surface area contributed by atoms with Crippen LogP contribution in [0.4, 0.5) is 0 Å². The lowest BCUT2D eigenvalue weighted by atomic mass is 10.1. The fraction of sp³-hybridized carbons (Fsp3) is 0.417. The van der Waals surface area contributed by atoms with E-state index in [1.165, 1.54) is 16.7 Å². The lowest BCUT2D eigenvalue weighted by Gasteiger charge is -2.01. The Kier molecular flexibility index (Phi) is 3.24. The van der Waals surface area contributed by atoms with E-state index in [0.717, 1.165) is 12.1 Å². The van der Waals surface area contributed by atoms with Crippen molar-refractivity contribution in [2.75, 3.05) is 7.05 Å². The van der Waals surface area contributed by atoms with E-state index in [1.54, 1.807) is 0 Å². The van der Waals surface area contributed by atoms with Crippen molar-refractivity contribution in [2.45, 2.75) is 27.2 Å². The van der Waals surface area contributed by atoms with Crippen molar-refractivity contribution in [3.63, 3.8) is 0 Å². The first-order valence-electron chi connectivity index (χ1n) is 4.64. The first-order chi connectivity index (χ1) is 6.15. The molecule has 0 aliphatic heterocycles. The molecular weight excluding hydrogens is 158 g/mol. The Morgan fingerprint density at radius 3 is 2.54 bits per heavy atom. The molecule has 70 valence electrons. The number of hydrogen-bond acceptors (Lipinski definition) is 1. The first-order valence-corrected chi connectivity index (χ1v) is 4.64. The van der Waals surface area contributed by atoms with Gasteiger partial charge in [-0.1, -0.05) is 23.8 Å². The van der Waals surface area contributed by atoms with Gasteiger partial charge in [-0.05, 0) is 38.3 Å². The Morgan fingerprint density at radius 1 is 1.23 bits per heavy atom. The van der Waals surface area contributed by atoms with Crippen LogP contribution in [0.1, 0.15) is 27.2 Å². The molecule has 0 radical (unpaired) electrons. The highest BCUT2D eigenvalue weighted by molar-refractivity contribution is 6.01. The summed E-state index contributed by atoms with van der Waals surface area (Å²) in [5.74, 6) is 0. The number of nitrogens with zero attached hydrogens (tertiary/aromatic N) is 1. The van der Waals surface area contributed by atoms with Gasteiger partial charge in [-0.15, -0.1) is 0 Å². The van der Waals surface area contributed by atoms with Gasteiger partial charge >= 0.3 is 0 Å². The van der Waals surface area contributed by atoms with Crippen LogP contribution < -0.4 is 0 Å². The second-order valence-corrected chi connectivity index (χ2v) is 3.42. The maximum atomic E-state index is 4.19. The molecule has 0 unspecified atom stereocenters. The van der Waals surface area contributed by atoms with Gasteiger partial charge in [0.25, 0.3) is 0 Å². The molecule has 0 aromatic heterocycles. The summed E-state index contributed by atoms with van der Waals surface area (Å²) in [5.41, 5.74) is 5.08. The Morgan fingerprint density at radius 2 is 1.92 bits per heavy atom. The fourth-order valence-corrected chi connectivity index (χ4v) is 1.31. The van der Waals surface area contributed by atoms with Crippen molar-refractivity contribution in [1.82, 2.24) is 0 Å². The molecule has 13 heavy (non-hydrogen) atoms. The fourth-order valence-electron chi connectivity index (χ4n) is 1.31. The van der Waals surface area contributed by atoms with Crippen LogP contribution in [0.5, 0.6) is 0 Å². The average molecular weight is 175 g/mol. The molecule has 1 rings (SSSR count). The topological polar surface area (TPSA) is 12.4 Å². The van der Waals surface area contributed by atoms with Gasteiger partial charge in [-0.25, -0.2) is 0 Å². The monoisotopic (exact) mass is 175 g/mol. The zero-order chi connectivity index (χ0) is 9.84. The number of allylic oxidation sites excluding steroid dienone is 6. The smallest absolute Gasteiger partial charge is 0.0383 e. The van der Waals surface area contributed by atoms with E-state index in [0.29, 0.717) is 0 Å². The van der Waals surface area contributed by atoms with E-state index in [1.807, 2.05) is 7.05 Å². The largest absolute Gasteiger partial charge is 0.293 e.